The molecule has 114 valence electrons. The van der Waals surface area contributed by atoms with E-state index in [-0.39, 0.29) is 22.1 Å². The number of hydrogen-bond donors (Lipinski definition) is 3. The predicted octanol–water partition coefficient (Wildman–Crippen LogP) is 3.62. The van der Waals surface area contributed by atoms with Crippen LogP contribution in [-0.4, -0.2) is 25.3 Å². The van der Waals surface area contributed by atoms with Gasteiger partial charge in [-0.1, -0.05) is 18.2 Å². The third kappa shape index (κ3) is 2.96. The third-order valence-corrected chi connectivity index (χ3v) is 3.39. The van der Waals surface area contributed by atoms with Crippen molar-refractivity contribution < 1.29 is 20.3 Å². The molecular weight excluding hydrogens is 296 g/mol. The molecule has 0 fully saturated rings. The maximum atomic E-state index is 10.9. The largest absolute Gasteiger partial charge is 0.507 e. The summed E-state index contributed by atoms with van der Waals surface area (Å²) in [5.41, 5.74) is 1.42. The number of aromatic nitrogens is 1. The molecule has 6 nitrogen and oxygen atoms in total. The first kappa shape index (κ1) is 14.5. The molecule has 0 radical (unpaired) electrons. The van der Waals surface area contributed by atoms with Gasteiger partial charge >= 0.3 is 5.69 Å². The zero-order chi connectivity index (χ0) is 16.4. The summed E-state index contributed by atoms with van der Waals surface area (Å²) in [6, 6.07) is 12.7. The van der Waals surface area contributed by atoms with E-state index in [1.807, 2.05) is 12.1 Å². The lowest BCUT2D eigenvalue weighted by Crippen LogP contribution is -1.91. The van der Waals surface area contributed by atoms with E-state index in [4.69, 9.17) is 5.21 Å². The molecule has 23 heavy (non-hydrogen) atoms. The van der Waals surface area contributed by atoms with Crippen LogP contribution in [0.3, 0.4) is 0 Å². The van der Waals surface area contributed by atoms with Crippen molar-refractivity contribution in [3.05, 3.63) is 64.7 Å². The molecule has 0 aliphatic carbocycles. The van der Waals surface area contributed by atoms with Crippen molar-refractivity contribution in [2.45, 2.75) is 0 Å². The number of benzene rings is 2. The highest BCUT2D eigenvalue weighted by atomic mass is 16.6. The Hall–Kier alpha value is -3.41. The fourth-order valence-corrected chi connectivity index (χ4v) is 2.21. The maximum Gasteiger partial charge on any atom is 0.317 e. The van der Waals surface area contributed by atoms with Gasteiger partial charge in [-0.25, -0.2) is 10.2 Å². The summed E-state index contributed by atoms with van der Waals surface area (Å²) in [5.74, 6) is 0.0559. The van der Waals surface area contributed by atoms with Gasteiger partial charge in [0.2, 0.25) is 0 Å². The topological polar surface area (TPSA) is 93.7 Å². The molecule has 0 atom stereocenters. The van der Waals surface area contributed by atoms with Crippen LogP contribution >= 0.6 is 0 Å². The molecule has 1 heterocycles. The average Bonchev–Trinajstić information content (AvgIpc) is 2.54. The molecule has 0 saturated heterocycles. The average molecular weight is 309 g/mol. The lowest BCUT2D eigenvalue weighted by molar-refractivity contribution is -0.729. The zero-order valence-corrected chi connectivity index (χ0v) is 11.9. The molecule has 6 heteroatoms. The highest BCUT2D eigenvalue weighted by Crippen LogP contribution is 2.26. The second kappa shape index (κ2) is 5.76. The molecule has 0 unspecified atom stereocenters. The van der Waals surface area contributed by atoms with E-state index in [9.17, 15) is 15.1 Å². The standard InChI is InChI=1S/C17H12N2O4/c20-15-9-8-14(19(22)23)10-12(15)5-7-13-6-4-11-2-1-3-16(21)17(11)18-13/h1-10H,(H2-,18,20,21,22,23)/p+1. The highest BCUT2D eigenvalue weighted by molar-refractivity contribution is 5.85. The first-order chi connectivity index (χ1) is 11.0. The van der Waals surface area contributed by atoms with E-state index in [0.29, 0.717) is 16.8 Å². The molecular formula is C17H13N2O4+. The van der Waals surface area contributed by atoms with Crippen LogP contribution in [-0.2, 0) is 0 Å². The molecule has 0 aliphatic heterocycles. The SMILES string of the molecule is O=[N+](O)c1ccc(O)c(/C=C/c2ccc3cccc(O)c3n2)c1. The molecule has 2 aromatic carbocycles. The Balaban J connectivity index is 1.98. The Morgan fingerprint density at radius 3 is 2.57 bits per heavy atom. The van der Waals surface area contributed by atoms with Crippen molar-refractivity contribution in [2.24, 2.45) is 0 Å². The Bertz CT molecular complexity index is 935. The van der Waals surface area contributed by atoms with Crippen molar-refractivity contribution >= 4 is 28.7 Å². The molecule has 0 bridgehead atoms. The highest BCUT2D eigenvalue weighted by Gasteiger charge is 2.13. The first-order valence-corrected chi connectivity index (χ1v) is 6.80. The molecule has 0 amide bonds. The van der Waals surface area contributed by atoms with E-state index >= 15 is 0 Å². The van der Waals surface area contributed by atoms with Crippen LogP contribution in [0.5, 0.6) is 11.5 Å². The molecule has 3 N–H and O–H groups in total. The second-order valence-corrected chi connectivity index (χ2v) is 4.93. The number of rotatable bonds is 3. The lowest BCUT2D eigenvalue weighted by atomic mass is 10.1. The molecule has 1 aromatic heterocycles. The van der Waals surface area contributed by atoms with Crippen molar-refractivity contribution in [3.8, 4) is 11.5 Å². The van der Waals surface area contributed by atoms with E-state index in [1.54, 1.807) is 30.4 Å². The fourth-order valence-electron chi connectivity index (χ4n) is 2.21. The molecule has 0 spiro atoms. The summed E-state index contributed by atoms with van der Waals surface area (Å²) in [6.45, 7) is 0. The minimum atomic E-state index is -0.275. The van der Waals surface area contributed by atoms with Crippen molar-refractivity contribution in [3.63, 3.8) is 0 Å². The number of pyridine rings is 1. The van der Waals surface area contributed by atoms with Gasteiger partial charge in [0.15, 0.2) is 0 Å². The Morgan fingerprint density at radius 2 is 1.78 bits per heavy atom. The lowest BCUT2D eigenvalue weighted by Gasteiger charge is -2.01. The van der Waals surface area contributed by atoms with Crippen LogP contribution in [0.15, 0.2) is 48.5 Å². The summed E-state index contributed by atoms with van der Waals surface area (Å²) in [4.78, 5) is 15.0. The van der Waals surface area contributed by atoms with Crippen LogP contribution < -0.4 is 0 Å². The Labute approximate surface area is 131 Å². The summed E-state index contributed by atoms with van der Waals surface area (Å²) >= 11 is 0. The second-order valence-electron chi connectivity index (χ2n) is 4.93. The Morgan fingerprint density at radius 1 is 0.957 bits per heavy atom. The minimum absolute atomic E-state index is 0.00608. The molecule has 0 aliphatic rings. The van der Waals surface area contributed by atoms with E-state index in [2.05, 4.69) is 4.98 Å². The van der Waals surface area contributed by atoms with Crippen molar-refractivity contribution in [1.82, 2.24) is 4.98 Å². The maximum absolute atomic E-state index is 10.9. The first-order valence-electron chi connectivity index (χ1n) is 6.80. The van der Waals surface area contributed by atoms with Gasteiger partial charge in [0, 0.05) is 23.1 Å². The normalized spacial score (nSPS) is 11.1. The van der Waals surface area contributed by atoms with E-state index in [1.165, 1.54) is 18.2 Å². The van der Waals surface area contributed by atoms with Gasteiger partial charge in [0.1, 0.15) is 17.0 Å². The van der Waals surface area contributed by atoms with Gasteiger partial charge in [0.05, 0.1) is 10.6 Å². The van der Waals surface area contributed by atoms with Gasteiger partial charge in [-0.05, 0) is 30.4 Å². The van der Waals surface area contributed by atoms with Gasteiger partial charge in [-0.3, -0.25) is 0 Å². The third-order valence-electron chi connectivity index (χ3n) is 3.39. The minimum Gasteiger partial charge on any atom is -0.507 e. The summed E-state index contributed by atoms with van der Waals surface area (Å²) in [7, 11) is 0. The smallest absolute Gasteiger partial charge is 0.317 e. The van der Waals surface area contributed by atoms with Gasteiger partial charge < -0.3 is 10.2 Å². The monoisotopic (exact) mass is 309 g/mol. The van der Waals surface area contributed by atoms with Crippen LogP contribution in [0.1, 0.15) is 11.3 Å². The fraction of sp³-hybridized carbons (Fsp3) is 0. The van der Waals surface area contributed by atoms with Crippen LogP contribution in [0, 0.1) is 4.91 Å². The molecule has 3 rings (SSSR count). The van der Waals surface area contributed by atoms with E-state index in [0.717, 1.165) is 5.39 Å². The molecule has 3 aromatic rings. The quantitative estimate of drug-likeness (QED) is 0.642. The van der Waals surface area contributed by atoms with Crippen LogP contribution in [0.4, 0.5) is 5.69 Å². The van der Waals surface area contributed by atoms with Crippen LogP contribution in [0.2, 0.25) is 0 Å². The summed E-state index contributed by atoms with van der Waals surface area (Å²) in [6.07, 6.45) is 3.20. The number of fused-ring (bicyclic) bond motifs is 1. The number of phenolic OH excluding ortho intramolecular Hbond substituents is 2. The number of hydrogen-bond acceptors (Lipinski definition) is 4. The number of nitrogens with zero attached hydrogens (tertiary/aromatic N) is 2. The summed E-state index contributed by atoms with van der Waals surface area (Å²) < 4.78 is 0. The van der Waals surface area contributed by atoms with Gasteiger partial charge in [-0.15, -0.1) is 0 Å². The number of aromatic hydroxyl groups is 2. The Kier molecular flexibility index (Phi) is 3.64. The van der Waals surface area contributed by atoms with E-state index < -0.39 is 0 Å². The summed E-state index contributed by atoms with van der Waals surface area (Å²) in [5, 5.41) is 29.3. The number of para-hydroxylation sites is 1. The van der Waals surface area contributed by atoms with Crippen molar-refractivity contribution in [1.29, 1.82) is 0 Å². The van der Waals surface area contributed by atoms with Gasteiger partial charge in [-0.2, -0.15) is 0 Å². The van der Waals surface area contributed by atoms with Gasteiger partial charge in [0.25, 0.3) is 4.92 Å². The zero-order valence-electron chi connectivity index (χ0n) is 11.9. The molecule has 0 saturated carbocycles. The predicted molar refractivity (Wildman–Crippen MR) is 85.5 cm³/mol. The van der Waals surface area contributed by atoms with Crippen LogP contribution in [0.25, 0.3) is 23.1 Å². The number of phenols is 2. The van der Waals surface area contributed by atoms with Crippen molar-refractivity contribution in [2.75, 3.05) is 0 Å².